The van der Waals surface area contributed by atoms with E-state index in [0.717, 1.165) is 0 Å². The summed E-state index contributed by atoms with van der Waals surface area (Å²) >= 11 is 0. The van der Waals surface area contributed by atoms with Crippen LogP contribution >= 0.6 is 27.0 Å². The van der Waals surface area contributed by atoms with E-state index in [1.807, 2.05) is 0 Å². The molecule has 4 heavy (non-hydrogen) atoms. The molecular weight excluding hydrogens is 135 g/mol. The van der Waals surface area contributed by atoms with E-state index in [0.29, 0.717) is 0 Å². The molecule has 0 aromatic carbocycles. The Morgan fingerprint density at radius 3 is 1.00 bits per heavy atom. The van der Waals surface area contributed by atoms with Crippen molar-refractivity contribution < 1.29 is 52.7 Å². The molecule has 0 spiro atoms. The Balaban J connectivity index is 0. The molecule has 0 aromatic heterocycles. The SMILES string of the molecule is S.S.[H-].[Na+].[Ti]. The second-order valence-electron chi connectivity index (χ2n) is 0. The molecule has 0 nitrogen and oxygen atoms in total. The molecule has 4 heteroatoms. The Labute approximate surface area is 78.7 Å². The second-order valence-corrected chi connectivity index (χ2v) is 0. The van der Waals surface area contributed by atoms with Crippen molar-refractivity contribution in [1.82, 2.24) is 0 Å². The molecule has 0 bridgehead atoms. The summed E-state index contributed by atoms with van der Waals surface area (Å²) in [5.74, 6) is 0. The first kappa shape index (κ1) is 32.3. The summed E-state index contributed by atoms with van der Waals surface area (Å²) < 4.78 is 0. The van der Waals surface area contributed by atoms with Gasteiger partial charge in [0.25, 0.3) is 0 Å². The van der Waals surface area contributed by atoms with Crippen molar-refractivity contribution in [3.63, 3.8) is 0 Å². The molecule has 0 aliphatic rings. The normalized spacial score (nSPS) is 0. The smallest absolute Gasteiger partial charge is 1.00 e. The predicted molar refractivity (Wildman–Crippen MR) is 21.9 cm³/mol. The minimum atomic E-state index is 0. The van der Waals surface area contributed by atoms with Crippen LogP contribution in [-0.4, -0.2) is 0 Å². The van der Waals surface area contributed by atoms with Gasteiger partial charge >= 0.3 is 29.6 Å². The monoisotopic (exact) mass is 140 g/mol. The molecular formula is H5NaS2Ti. The second kappa shape index (κ2) is 18.1. The van der Waals surface area contributed by atoms with E-state index >= 15 is 0 Å². The van der Waals surface area contributed by atoms with Gasteiger partial charge in [-0.25, -0.2) is 0 Å². The summed E-state index contributed by atoms with van der Waals surface area (Å²) in [5.41, 5.74) is 0. The minimum Gasteiger partial charge on any atom is -1.00 e. The van der Waals surface area contributed by atoms with Crippen molar-refractivity contribution in [3.05, 3.63) is 0 Å². The Hall–Kier alpha value is 2.41. The van der Waals surface area contributed by atoms with Crippen molar-refractivity contribution in [2.45, 2.75) is 0 Å². The summed E-state index contributed by atoms with van der Waals surface area (Å²) in [6.45, 7) is 0. The van der Waals surface area contributed by atoms with Crippen LogP contribution < -0.4 is 29.6 Å². The van der Waals surface area contributed by atoms with Crippen LogP contribution in [-0.2, 0) is 21.7 Å². The molecule has 0 amide bonds. The average molecular weight is 140 g/mol. The molecule has 0 radical (unpaired) electrons. The van der Waals surface area contributed by atoms with E-state index in [9.17, 15) is 0 Å². The van der Waals surface area contributed by atoms with Crippen molar-refractivity contribution in [2.75, 3.05) is 0 Å². The van der Waals surface area contributed by atoms with Crippen LogP contribution in [0, 0.1) is 0 Å². The van der Waals surface area contributed by atoms with E-state index in [1.165, 1.54) is 0 Å². The maximum Gasteiger partial charge on any atom is 1.00 e. The van der Waals surface area contributed by atoms with E-state index < -0.39 is 0 Å². The third kappa shape index (κ3) is 8.83. The molecule has 0 saturated carbocycles. The van der Waals surface area contributed by atoms with Crippen LogP contribution in [0.2, 0.25) is 0 Å². The van der Waals surface area contributed by atoms with Gasteiger partial charge in [-0.1, -0.05) is 0 Å². The Morgan fingerprint density at radius 2 is 1.00 bits per heavy atom. The third-order valence-corrected chi connectivity index (χ3v) is 0. The minimum absolute atomic E-state index is 0. The van der Waals surface area contributed by atoms with Crippen LogP contribution in [0.15, 0.2) is 0 Å². The topological polar surface area (TPSA) is 0 Å². The van der Waals surface area contributed by atoms with Gasteiger partial charge in [-0.3, -0.25) is 0 Å². The molecule has 22 valence electrons. The van der Waals surface area contributed by atoms with Gasteiger partial charge in [0, 0.05) is 21.7 Å². The molecule has 0 aromatic rings. The van der Waals surface area contributed by atoms with Crippen LogP contribution in [0.1, 0.15) is 1.43 Å². The van der Waals surface area contributed by atoms with Crippen LogP contribution in [0.4, 0.5) is 0 Å². The van der Waals surface area contributed by atoms with Crippen LogP contribution in [0.3, 0.4) is 0 Å². The zero-order valence-electron chi connectivity index (χ0n) is 3.50. The van der Waals surface area contributed by atoms with E-state index in [1.54, 1.807) is 0 Å². The fourth-order valence-electron chi connectivity index (χ4n) is 0. The molecule has 0 N–H and O–H groups in total. The van der Waals surface area contributed by atoms with E-state index in [-0.39, 0.29) is 79.7 Å². The maximum atomic E-state index is 0. The molecule has 0 saturated heterocycles. The average Bonchev–Trinajstić information content (AvgIpc) is 0. The Morgan fingerprint density at radius 1 is 1.00 bits per heavy atom. The van der Waals surface area contributed by atoms with Gasteiger partial charge in [0.05, 0.1) is 0 Å². The zero-order chi connectivity index (χ0) is 0. The van der Waals surface area contributed by atoms with Crippen molar-refractivity contribution >= 4 is 27.0 Å². The first-order chi connectivity index (χ1) is 0. The van der Waals surface area contributed by atoms with Crippen molar-refractivity contribution in [1.29, 1.82) is 0 Å². The number of rotatable bonds is 0. The Bertz CT molecular complexity index is 9.61. The molecule has 0 fully saturated rings. The molecule has 0 unspecified atom stereocenters. The van der Waals surface area contributed by atoms with E-state index in [4.69, 9.17) is 0 Å². The van der Waals surface area contributed by atoms with Gasteiger partial charge in [0.1, 0.15) is 0 Å². The van der Waals surface area contributed by atoms with Gasteiger partial charge in [-0.05, 0) is 0 Å². The largest absolute Gasteiger partial charge is 1.00 e. The summed E-state index contributed by atoms with van der Waals surface area (Å²) in [4.78, 5) is 0. The van der Waals surface area contributed by atoms with Gasteiger partial charge in [-0.2, -0.15) is 27.0 Å². The maximum absolute atomic E-state index is 0. The summed E-state index contributed by atoms with van der Waals surface area (Å²) in [6.07, 6.45) is 0. The van der Waals surface area contributed by atoms with Crippen LogP contribution in [0.5, 0.6) is 0 Å². The van der Waals surface area contributed by atoms with Crippen molar-refractivity contribution in [2.24, 2.45) is 0 Å². The number of hydrogen-bond acceptors (Lipinski definition) is 0. The zero-order valence-corrected chi connectivity index (χ0v) is 8.06. The first-order valence-electron chi connectivity index (χ1n) is 0. The van der Waals surface area contributed by atoms with E-state index in [2.05, 4.69) is 0 Å². The Kier molecular flexibility index (Phi) is 146. The first-order valence-corrected chi connectivity index (χ1v) is 0. The summed E-state index contributed by atoms with van der Waals surface area (Å²) in [5, 5.41) is 0. The number of hydrogen-bond donors (Lipinski definition) is 0. The molecule has 0 atom stereocenters. The standard InChI is InChI=1S/Na.2H2S.Ti.H/h;2*1H2;;/q+1;;;;-1. The van der Waals surface area contributed by atoms with Crippen LogP contribution in [0.25, 0.3) is 0 Å². The predicted octanol–water partition coefficient (Wildman–Crippen LogP) is -2.66. The fourth-order valence-corrected chi connectivity index (χ4v) is 0. The molecule has 0 rings (SSSR count). The molecule has 0 aliphatic heterocycles. The fraction of sp³-hybridized carbons (Fsp3) is 0. The quantitative estimate of drug-likeness (QED) is 0.322. The van der Waals surface area contributed by atoms with Gasteiger partial charge < -0.3 is 1.43 Å². The van der Waals surface area contributed by atoms with Gasteiger partial charge in [0.15, 0.2) is 0 Å². The molecule has 0 aliphatic carbocycles. The third-order valence-electron chi connectivity index (χ3n) is 0. The van der Waals surface area contributed by atoms with Crippen molar-refractivity contribution in [3.8, 4) is 0 Å². The molecule has 0 heterocycles. The van der Waals surface area contributed by atoms with Gasteiger partial charge in [-0.15, -0.1) is 0 Å². The summed E-state index contributed by atoms with van der Waals surface area (Å²) in [7, 11) is 0. The summed E-state index contributed by atoms with van der Waals surface area (Å²) in [6, 6.07) is 0. The van der Waals surface area contributed by atoms with Gasteiger partial charge in [0.2, 0.25) is 0 Å².